The average molecular weight is 388 g/mol. The maximum atomic E-state index is 11.3. The van der Waals surface area contributed by atoms with Gasteiger partial charge in [0.15, 0.2) is 0 Å². The summed E-state index contributed by atoms with van der Waals surface area (Å²) in [6.07, 6.45) is -0.964. The van der Waals surface area contributed by atoms with Crippen LogP contribution in [0.2, 0.25) is 10.0 Å². The van der Waals surface area contributed by atoms with Crippen LogP contribution in [0.15, 0.2) is 39.6 Å². The SMILES string of the molecule is O=c1[nH]c2cc(Br)c(C(O)c3cccc(Cl)c3Cl)cc2[nH]1. The van der Waals surface area contributed by atoms with Gasteiger partial charge < -0.3 is 15.1 Å². The molecular formula is C14H9BrCl2N2O2. The van der Waals surface area contributed by atoms with Crippen LogP contribution in [-0.4, -0.2) is 15.1 Å². The third kappa shape index (κ3) is 2.62. The van der Waals surface area contributed by atoms with Crippen LogP contribution in [0.4, 0.5) is 0 Å². The smallest absolute Gasteiger partial charge is 0.323 e. The number of halogens is 3. The van der Waals surface area contributed by atoms with Crippen molar-refractivity contribution in [1.82, 2.24) is 9.97 Å². The highest BCUT2D eigenvalue weighted by Gasteiger charge is 2.19. The lowest BCUT2D eigenvalue weighted by Gasteiger charge is -2.15. The molecule has 108 valence electrons. The summed E-state index contributed by atoms with van der Waals surface area (Å²) in [5, 5.41) is 11.3. The number of aliphatic hydroxyl groups is 1. The Morgan fingerprint density at radius 1 is 1.10 bits per heavy atom. The summed E-state index contributed by atoms with van der Waals surface area (Å²) in [4.78, 5) is 16.6. The summed E-state index contributed by atoms with van der Waals surface area (Å²) in [6, 6.07) is 8.50. The van der Waals surface area contributed by atoms with Crippen molar-refractivity contribution >= 4 is 50.2 Å². The normalized spacial score (nSPS) is 12.8. The highest BCUT2D eigenvalue weighted by molar-refractivity contribution is 9.10. The van der Waals surface area contributed by atoms with E-state index in [2.05, 4.69) is 25.9 Å². The lowest BCUT2D eigenvalue weighted by Crippen LogP contribution is -2.02. The zero-order chi connectivity index (χ0) is 15.1. The molecule has 3 N–H and O–H groups in total. The number of benzene rings is 2. The third-order valence-corrected chi connectivity index (χ3v) is 4.72. The first-order chi connectivity index (χ1) is 9.97. The van der Waals surface area contributed by atoms with E-state index in [-0.39, 0.29) is 5.69 Å². The number of aromatic nitrogens is 2. The molecule has 3 rings (SSSR count). The summed E-state index contributed by atoms with van der Waals surface area (Å²) < 4.78 is 0.661. The molecular weight excluding hydrogens is 379 g/mol. The maximum Gasteiger partial charge on any atom is 0.323 e. The van der Waals surface area contributed by atoms with Crippen molar-refractivity contribution in [3.05, 3.63) is 66.5 Å². The molecule has 2 aromatic carbocycles. The molecule has 1 aromatic heterocycles. The van der Waals surface area contributed by atoms with Crippen LogP contribution >= 0.6 is 39.1 Å². The molecule has 4 nitrogen and oxygen atoms in total. The van der Waals surface area contributed by atoms with Crippen molar-refractivity contribution in [1.29, 1.82) is 0 Å². The Bertz CT molecular complexity index is 888. The first-order valence-electron chi connectivity index (χ1n) is 6.01. The molecule has 0 saturated carbocycles. The van der Waals surface area contributed by atoms with Gasteiger partial charge in [-0.2, -0.15) is 0 Å². The minimum atomic E-state index is -0.964. The molecule has 0 fully saturated rings. The van der Waals surface area contributed by atoms with Crippen LogP contribution in [-0.2, 0) is 0 Å². The van der Waals surface area contributed by atoms with Crippen LogP contribution in [0.3, 0.4) is 0 Å². The van der Waals surface area contributed by atoms with Crippen LogP contribution in [0.1, 0.15) is 17.2 Å². The van der Waals surface area contributed by atoms with Crippen LogP contribution in [0.5, 0.6) is 0 Å². The monoisotopic (exact) mass is 386 g/mol. The Hall–Kier alpha value is -1.27. The van der Waals surface area contributed by atoms with E-state index in [0.29, 0.717) is 36.7 Å². The van der Waals surface area contributed by atoms with Gasteiger partial charge in [0.25, 0.3) is 0 Å². The molecule has 0 aliphatic heterocycles. The molecule has 21 heavy (non-hydrogen) atoms. The van der Waals surface area contributed by atoms with Gasteiger partial charge in [0.05, 0.1) is 21.1 Å². The third-order valence-electron chi connectivity index (χ3n) is 3.20. The first kappa shape index (κ1) is 14.7. The Morgan fingerprint density at radius 2 is 1.76 bits per heavy atom. The number of aliphatic hydroxyl groups excluding tert-OH is 1. The first-order valence-corrected chi connectivity index (χ1v) is 7.55. The molecule has 0 saturated heterocycles. The van der Waals surface area contributed by atoms with Crippen molar-refractivity contribution in [2.75, 3.05) is 0 Å². The van der Waals surface area contributed by atoms with Gasteiger partial charge in [-0.15, -0.1) is 0 Å². The molecule has 0 spiro atoms. The maximum absolute atomic E-state index is 11.3. The lowest BCUT2D eigenvalue weighted by atomic mass is 10.0. The van der Waals surface area contributed by atoms with Gasteiger partial charge in [-0.1, -0.05) is 51.3 Å². The molecule has 0 radical (unpaired) electrons. The van der Waals surface area contributed by atoms with E-state index in [1.165, 1.54) is 0 Å². The summed E-state index contributed by atoms with van der Waals surface area (Å²) >= 11 is 15.5. The number of aromatic amines is 2. The van der Waals surface area contributed by atoms with Gasteiger partial charge in [0.2, 0.25) is 0 Å². The molecule has 1 atom stereocenters. The number of imidazole rings is 1. The number of rotatable bonds is 2. The topological polar surface area (TPSA) is 68.9 Å². The standard InChI is InChI=1S/C14H9BrCl2N2O2/c15-8-5-11-10(18-14(21)19-11)4-7(8)13(20)6-2-1-3-9(16)12(6)17/h1-5,13,20H,(H2,18,19,21). The Balaban J connectivity index is 2.16. The van der Waals surface area contributed by atoms with Crippen LogP contribution < -0.4 is 5.69 Å². The number of hydrogen-bond donors (Lipinski definition) is 3. The van der Waals surface area contributed by atoms with E-state index in [1.807, 2.05) is 0 Å². The molecule has 0 amide bonds. The van der Waals surface area contributed by atoms with Crippen molar-refractivity contribution < 1.29 is 5.11 Å². The molecule has 0 aliphatic rings. The van der Waals surface area contributed by atoms with Crippen LogP contribution in [0.25, 0.3) is 11.0 Å². The fourth-order valence-corrected chi connectivity index (χ4v) is 3.15. The van der Waals surface area contributed by atoms with E-state index < -0.39 is 6.10 Å². The number of H-pyrrole nitrogens is 2. The van der Waals surface area contributed by atoms with Crippen molar-refractivity contribution in [2.24, 2.45) is 0 Å². The summed E-state index contributed by atoms with van der Waals surface area (Å²) in [6.45, 7) is 0. The fourth-order valence-electron chi connectivity index (χ4n) is 2.18. The average Bonchev–Trinajstić information content (AvgIpc) is 2.79. The van der Waals surface area contributed by atoms with E-state index in [0.717, 1.165) is 0 Å². The van der Waals surface area contributed by atoms with Gasteiger partial charge in [0, 0.05) is 15.6 Å². The second-order valence-electron chi connectivity index (χ2n) is 4.54. The van der Waals surface area contributed by atoms with Gasteiger partial charge in [-0.3, -0.25) is 0 Å². The minimum absolute atomic E-state index is 0.302. The summed E-state index contributed by atoms with van der Waals surface area (Å²) in [5.74, 6) is 0. The predicted molar refractivity (Wildman–Crippen MR) is 87.1 cm³/mol. The molecule has 7 heteroatoms. The molecule has 1 unspecified atom stereocenters. The Morgan fingerprint density at radius 3 is 2.48 bits per heavy atom. The van der Waals surface area contributed by atoms with Crippen molar-refractivity contribution in [3.8, 4) is 0 Å². The summed E-state index contributed by atoms with van der Waals surface area (Å²) in [5.41, 5.74) is 2.05. The van der Waals surface area contributed by atoms with Gasteiger partial charge in [-0.05, 0) is 18.2 Å². The number of nitrogens with one attached hydrogen (secondary N) is 2. The molecule has 1 heterocycles. The Kier molecular flexibility index (Phi) is 3.84. The van der Waals surface area contributed by atoms with Gasteiger partial charge in [-0.25, -0.2) is 4.79 Å². The minimum Gasteiger partial charge on any atom is -0.384 e. The van der Waals surface area contributed by atoms with E-state index >= 15 is 0 Å². The second-order valence-corrected chi connectivity index (χ2v) is 6.18. The summed E-state index contributed by atoms with van der Waals surface area (Å²) in [7, 11) is 0. The largest absolute Gasteiger partial charge is 0.384 e. The zero-order valence-corrected chi connectivity index (χ0v) is 13.6. The van der Waals surface area contributed by atoms with E-state index in [1.54, 1.807) is 30.3 Å². The lowest BCUT2D eigenvalue weighted by molar-refractivity contribution is 0.220. The molecule has 0 aliphatic carbocycles. The Labute approximate surface area is 137 Å². The van der Waals surface area contributed by atoms with Crippen molar-refractivity contribution in [3.63, 3.8) is 0 Å². The molecule has 3 aromatic rings. The number of fused-ring (bicyclic) bond motifs is 1. The highest BCUT2D eigenvalue weighted by Crippen LogP contribution is 2.36. The number of hydrogen-bond acceptors (Lipinski definition) is 2. The second kappa shape index (κ2) is 5.50. The van der Waals surface area contributed by atoms with E-state index in [4.69, 9.17) is 23.2 Å². The van der Waals surface area contributed by atoms with E-state index in [9.17, 15) is 9.90 Å². The quantitative estimate of drug-likeness (QED) is 0.621. The van der Waals surface area contributed by atoms with Gasteiger partial charge >= 0.3 is 5.69 Å². The molecule has 0 bridgehead atoms. The van der Waals surface area contributed by atoms with Crippen molar-refractivity contribution in [2.45, 2.75) is 6.10 Å². The fraction of sp³-hybridized carbons (Fsp3) is 0.0714. The van der Waals surface area contributed by atoms with Crippen LogP contribution in [0, 0.1) is 0 Å². The highest BCUT2D eigenvalue weighted by atomic mass is 79.9. The zero-order valence-electron chi connectivity index (χ0n) is 10.5. The van der Waals surface area contributed by atoms with Gasteiger partial charge in [0.1, 0.15) is 6.10 Å². The predicted octanol–water partition coefficient (Wildman–Crippen LogP) is 4.01.